The van der Waals surface area contributed by atoms with Crippen LogP contribution in [0.3, 0.4) is 0 Å². The Bertz CT molecular complexity index is 933. The van der Waals surface area contributed by atoms with Gasteiger partial charge in [-0.25, -0.2) is 0 Å². The first-order valence-electron chi connectivity index (χ1n) is 8.76. The third-order valence-corrected chi connectivity index (χ3v) is 6.15. The van der Waals surface area contributed by atoms with E-state index in [0.29, 0.717) is 12.1 Å². The Balaban J connectivity index is 1.74. The Morgan fingerprint density at radius 2 is 2.00 bits per heavy atom. The molecule has 1 amide bonds. The number of pyridine rings is 1. The third kappa shape index (κ3) is 4.05. The van der Waals surface area contributed by atoms with Crippen molar-refractivity contribution in [3.05, 3.63) is 69.1 Å². The van der Waals surface area contributed by atoms with Crippen LogP contribution in [0.2, 0.25) is 5.02 Å². The van der Waals surface area contributed by atoms with E-state index < -0.39 is 0 Å². The minimum Gasteiger partial charge on any atom is -0.350 e. The summed E-state index contributed by atoms with van der Waals surface area (Å²) in [6.45, 7) is 0. The second kappa shape index (κ2) is 7.33. The lowest BCUT2D eigenvalue weighted by atomic mass is 9.99. The van der Waals surface area contributed by atoms with Gasteiger partial charge in [0.05, 0.1) is 0 Å². The predicted octanol–water partition coefficient (Wildman–Crippen LogP) is 3.99. The van der Waals surface area contributed by atoms with Crippen molar-refractivity contribution in [3.8, 4) is 0 Å². The SMILES string of the molecule is O=C1CC[C@H](/C=C(/c2cccc(SC3CC3)c2)c2ccc(Cl)c(=O)[nH]2)N1. The van der Waals surface area contributed by atoms with E-state index in [1.54, 1.807) is 6.07 Å². The molecule has 1 atom stereocenters. The van der Waals surface area contributed by atoms with E-state index in [1.165, 1.54) is 17.7 Å². The largest absolute Gasteiger partial charge is 0.350 e. The summed E-state index contributed by atoms with van der Waals surface area (Å²) in [5.74, 6) is 0.0632. The number of aromatic nitrogens is 1. The van der Waals surface area contributed by atoms with Gasteiger partial charge in [-0.1, -0.05) is 29.8 Å². The van der Waals surface area contributed by atoms with Crippen LogP contribution in [-0.4, -0.2) is 22.2 Å². The maximum atomic E-state index is 12.0. The Hall–Kier alpha value is -1.98. The van der Waals surface area contributed by atoms with E-state index in [0.717, 1.165) is 22.8 Å². The van der Waals surface area contributed by atoms with Crippen molar-refractivity contribution in [2.45, 2.75) is 41.9 Å². The monoisotopic (exact) mass is 386 g/mol. The van der Waals surface area contributed by atoms with Crippen LogP contribution < -0.4 is 10.9 Å². The van der Waals surface area contributed by atoms with Crippen LogP contribution in [-0.2, 0) is 4.79 Å². The quantitative estimate of drug-likeness (QED) is 0.816. The van der Waals surface area contributed by atoms with Crippen LogP contribution in [0.15, 0.2) is 52.2 Å². The zero-order valence-electron chi connectivity index (χ0n) is 14.1. The number of thioether (sulfide) groups is 1. The molecule has 1 aliphatic heterocycles. The number of halogens is 1. The topological polar surface area (TPSA) is 62.0 Å². The second-order valence-corrected chi connectivity index (χ2v) is 8.47. The third-order valence-electron chi connectivity index (χ3n) is 4.52. The van der Waals surface area contributed by atoms with Gasteiger partial charge in [0.1, 0.15) is 5.02 Å². The van der Waals surface area contributed by atoms with Crippen molar-refractivity contribution in [2.75, 3.05) is 0 Å². The molecule has 2 aromatic rings. The molecule has 0 spiro atoms. The Morgan fingerprint density at radius 3 is 2.69 bits per heavy atom. The van der Waals surface area contributed by atoms with Crippen molar-refractivity contribution >= 4 is 34.8 Å². The highest BCUT2D eigenvalue weighted by Gasteiger charge is 2.23. The van der Waals surface area contributed by atoms with Crippen molar-refractivity contribution < 1.29 is 4.79 Å². The van der Waals surface area contributed by atoms with Gasteiger partial charge in [-0.2, -0.15) is 0 Å². The lowest BCUT2D eigenvalue weighted by Crippen LogP contribution is -2.23. The van der Waals surface area contributed by atoms with Crippen LogP contribution in [0.25, 0.3) is 5.57 Å². The van der Waals surface area contributed by atoms with Crippen molar-refractivity contribution in [3.63, 3.8) is 0 Å². The van der Waals surface area contributed by atoms with E-state index in [-0.39, 0.29) is 22.5 Å². The summed E-state index contributed by atoms with van der Waals surface area (Å²) in [4.78, 5) is 27.6. The number of rotatable bonds is 5. The Morgan fingerprint density at radius 1 is 1.15 bits per heavy atom. The summed E-state index contributed by atoms with van der Waals surface area (Å²) in [7, 11) is 0. The second-order valence-electron chi connectivity index (χ2n) is 6.69. The lowest BCUT2D eigenvalue weighted by Gasteiger charge is -2.13. The summed E-state index contributed by atoms with van der Waals surface area (Å²) < 4.78 is 0. The molecule has 2 heterocycles. The van der Waals surface area contributed by atoms with Crippen molar-refractivity contribution in [1.29, 1.82) is 0 Å². The molecule has 0 radical (unpaired) electrons. The fraction of sp³-hybridized carbons (Fsp3) is 0.300. The highest BCUT2D eigenvalue weighted by molar-refractivity contribution is 8.00. The van der Waals surface area contributed by atoms with Crippen LogP contribution in [0.5, 0.6) is 0 Å². The molecular weight excluding hydrogens is 368 g/mol. The van der Waals surface area contributed by atoms with Gasteiger partial charge < -0.3 is 10.3 Å². The number of nitrogens with one attached hydrogen (secondary N) is 2. The van der Waals surface area contributed by atoms with Crippen LogP contribution >= 0.6 is 23.4 Å². The standard InChI is InChI=1S/C20H19ClN2O2S/c21-17-7-8-18(23-20(17)25)16(11-13-4-9-19(24)22-13)12-2-1-3-15(10-12)26-14-5-6-14/h1-3,7-8,10-11,13-14H,4-6,9H2,(H,22,24)(H,23,25)/b16-11-/t13-/m1/s1. The van der Waals surface area contributed by atoms with Crippen LogP contribution in [0.1, 0.15) is 36.9 Å². The molecule has 1 saturated carbocycles. The number of benzene rings is 1. The maximum Gasteiger partial charge on any atom is 0.267 e. The van der Waals surface area contributed by atoms with Gasteiger partial charge in [-0.3, -0.25) is 9.59 Å². The first-order valence-corrected chi connectivity index (χ1v) is 10.0. The Labute approximate surface area is 161 Å². The molecule has 4 nitrogen and oxygen atoms in total. The van der Waals surface area contributed by atoms with Crippen LogP contribution in [0, 0.1) is 0 Å². The highest BCUT2D eigenvalue weighted by atomic mass is 35.5. The minimum absolute atomic E-state index is 0.0311. The van der Waals surface area contributed by atoms with Gasteiger partial charge in [-0.15, -0.1) is 11.8 Å². The summed E-state index contributed by atoms with van der Waals surface area (Å²) in [6, 6.07) is 11.7. The molecule has 2 aliphatic rings. The minimum atomic E-state index is -0.311. The first-order chi connectivity index (χ1) is 12.6. The average Bonchev–Trinajstić information content (AvgIpc) is 3.34. The number of hydrogen-bond acceptors (Lipinski definition) is 3. The molecule has 0 bridgehead atoms. The van der Waals surface area contributed by atoms with Crippen molar-refractivity contribution in [2.24, 2.45) is 0 Å². The fourth-order valence-electron chi connectivity index (χ4n) is 3.03. The molecule has 26 heavy (non-hydrogen) atoms. The van der Waals surface area contributed by atoms with Crippen LogP contribution in [0.4, 0.5) is 0 Å². The summed E-state index contributed by atoms with van der Waals surface area (Å²) in [6.07, 6.45) is 5.87. The van der Waals surface area contributed by atoms with Gasteiger partial charge in [0.25, 0.3) is 5.56 Å². The normalized spacial score (nSPS) is 20.3. The highest BCUT2D eigenvalue weighted by Crippen LogP contribution is 2.40. The lowest BCUT2D eigenvalue weighted by molar-refractivity contribution is -0.119. The molecule has 0 unspecified atom stereocenters. The summed E-state index contributed by atoms with van der Waals surface area (Å²) in [5, 5.41) is 3.86. The first kappa shape index (κ1) is 17.4. The Kier molecular flexibility index (Phi) is 4.92. The van der Waals surface area contributed by atoms with E-state index in [9.17, 15) is 9.59 Å². The van der Waals surface area contributed by atoms with Crippen molar-refractivity contribution in [1.82, 2.24) is 10.3 Å². The molecule has 1 aromatic carbocycles. The van der Waals surface area contributed by atoms with E-state index >= 15 is 0 Å². The molecule has 6 heteroatoms. The van der Waals surface area contributed by atoms with Gasteiger partial charge in [0.2, 0.25) is 5.91 Å². The van der Waals surface area contributed by atoms with E-state index in [1.807, 2.05) is 36.0 Å². The molecule has 134 valence electrons. The summed E-state index contributed by atoms with van der Waals surface area (Å²) >= 11 is 7.78. The number of carbonyl (C=O) groups excluding carboxylic acids is 1. The molecule has 4 rings (SSSR count). The number of amides is 1. The van der Waals surface area contributed by atoms with Gasteiger partial charge >= 0.3 is 0 Å². The zero-order chi connectivity index (χ0) is 18.1. The number of carbonyl (C=O) groups is 1. The molecule has 2 N–H and O–H groups in total. The predicted molar refractivity (Wildman–Crippen MR) is 106 cm³/mol. The molecule has 1 aliphatic carbocycles. The maximum absolute atomic E-state index is 12.0. The smallest absolute Gasteiger partial charge is 0.267 e. The van der Waals surface area contributed by atoms with Gasteiger partial charge in [-0.05, 0) is 49.1 Å². The molecule has 1 saturated heterocycles. The number of H-pyrrole nitrogens is 1. The molecule has 2 fully saturated rings. The van der Waals surface area contributed by atoms with Gasteiger partial charge in [0, 0.05) is 33.9 Å². The van der Waals surface area contributed by atoms with E-state index in [2.05, 4.69) is 22.4 Å². The zero-order valence-corrected chi connectivity index (χ0v) is 15.7. The number of aromatic amines is 1. The average molecular weight is 387 g/mol. The summed E-state index contributed by atoms with van der Waals surface area (Å²) in [5.41, 5.74) is 2.32. The van der Waals surface area contributed by atoms with E-state index in [4.69, 9.17) is 11.6 Å². The molecule has 1 aromatic heterocycles. The molecular formula is C20H19ClN2O2S. The van der Waals surface area contributed by atoms with Gasteiger partial charge in [0.15, 0.2) is 0 Å². The fourth-order valence-corrected chi connectivity index (χ4v) is 4.25. The number of hydrogen-bond donors (Lipinski definition) is 2.